The van der Waals surface area contributed by atoms with Gasteiger partial charge < -0.3 is 14.8 Å². The summed E-state index contributed by atoms with van der Waals surface area (Å²) in [5.74, 6) is 0.173. The maximum absolute atomic E-state index is 11.7. The Bertz CT molecular complexity index is 274. The minimum Gasteiger partial charge on any atom is -0.469 e. The van der Waals surface area contributed by atoms with Crippen LogP contribution < -0.4 is 5.32 Å². The lowest BCUT2D eigenvalue weighted by Crippen LogP contribution is -2.34. The average molecular weight is 257 g/mol. The first-order valence-corrected chi connectivity index (χ1v) is 6.53. The molecule has 0 bridgehead atoms. The molecule has 2 atom stereocenters. The second kappa shape index (κ2) is 8.08. The molecule has 1 amide bonds. The second-order valence-electron chi connectivity index (χ2n) is 4.98. The van der Waals surface area contributed by atoms with Gasteiger partial charge in [-0.25, -0.2) is 0 Å². The van der Waals surface area contributed by atoms with E-state index in [-0.39, 0.29) is 24.2 Å². The monoisotopic (exact) mass is 257 g/mol. The highest BCUT2D eigenvalue weighted by molar-refractivity contribution is 5.77. The van der Waals surface area contributed by atoms with Crippen molar-refractivity contribution in [2.45, 2.75) is 32.6 Å². The first-order chi connectivity index (χ1) is 8.61. The summed E-state index contributed by atoms with van der Waals surface area (Å²) in [6, 6.07) is 0. The molecule has 0 aromatic heterocycles. The van der Waals surface area contributed by atoms with E-state index in [2.05, 4.69) is 10.1 Å². The average Bonchev–Trinajstić information content (AvgIpc) is 2.37. The van der Waals surface area contributed by atoms with Gasteiger partial charge >= 0.3 is 5.97 Å². The maximum atomic E-state index is 11.7. The number of amides is 1. The SMILES string of the molecule is COC(=O)C[C@@H](C)CC(=O)NC[C@@H]1CCCOC1. The molecule has 0 saturated carbocycles. The van der Waals surface area contributed by atoms with Gasteiger partial charge in [0.2, 0.25) is 5.91 Å². The number of rotatable bonds is 6. The third-order valence-electron chi connectivity index (χ3n) is 3.12. The van der Waals surface area contributed by atoms with Gasteiger partial charge in [0.1, 0.15) is 0 Å². The summed E-state index contributed by atoms with van der Waals surface area (Å²) in [6.07, 6.45) is 2.83. The van der Waals surface area contributed by atoms with Crippen LogP contribution in [0.3, 0.4) is 0 Å². The lowest BCUT2D eigenvalue weighted by atomic mass is 10.0. The molecule has 0 aromatic carbocycles. The van der Waals surface area contributed by atoms with E-state index in [1.165, 1.54) is 7.11 Å². The standard InChI is InChI=1S/C13H23NO4/c1-10(7-13(16)17-2)6-12(15)14-8-11-4-3-5-18-9-11/h10-11H,3-9H2,1-2H3,(H,14,15)/t10-,11-/m0/s1. The van der Waals surface area contributed by atoms with Gasteiger partial charge in [0.15, 0.2) is 0 Å². The summed E-state index contributed by atoms with van der Waals surface area (Å²) in [5, 5.41) is 2.90. The van der Waals surface area contributed by atoms with Crippen LogP contribution >= 0.6 is 0 Å². The lowest BCUT2D eigenvalue weighted by Gasteiger charge is -2.22. The Kier molecular flexibility index (Phi) is 6.72. The lowest BCUT2D eigenvalue weighted by molar-refractivity contribution is -0.141. The number of hydrogen-bond acceptors (Lipinski definition) is 4. The largest absolute Gasteiger partial charge is 0.469 e. The van der Waals surface area contributed by atoms with E-state index in [1.807, 2.05) is 6.92 Å². The summed E-state index contributed by atoms with van der Waals surface area (Å²) in [6.45, 7) is 4.11. The van der Waals surface area contributed by atoms with Gasteiger partial charge in [0, 0.05) is 26.0 Å². The van der Waals surface area contributed by atoms with Crippen molar-refractivity contribution in [1.29, 1.82) is 0 Å². The molecule has 1 rings (SSSR count). The van der Waals surface area contributed by atoms with E-state index in [9.17, 15) is 9.59 Å². The van der Waals surface area contributed by atoms with Crippen LogP contribution in [0, 0.1) is 11.8 Å². The normalized spacial score (nSPS) is 21.1. The zero-order chi connectivity index (χ0) is 13.4. The minimum absolute atomic E-state index is 0.00280. The Labute approximate surface area is 108 Å². The van der Waals surface area contributed by atoms with Crippen LogP contribution in [0.5, 0.6) is 0 Å². The zero-order valence-electron chi connectivity index (χ0n) is 11.2. The van der Waals surface area contributed by atoms with Crippen LogP contribution in [0.2, 0.25) is 0 Å². The molecule has 0 unspecified atom stereocenters. The third kappa shape index (κ3) is 6.00. The predicted octanol–water partition coefficient (Wildman–Crippen LogP) is 1.12. The molecule has 0 spiro atoms. The van der Waals surface area contributed by atoms with Gasteiger partial charge in [0.05, 0.1) is 13.7 Å². The fourth-order valence-electron chi connectivity index (χ4n) is 2.06. The maximum Gasteiger partial charge on any atom is 0.305 e. The van der Waals surface area contributed by atoms with Gasteiger partial charge in [0.25, 0.3) is 0 Å². The number of nitrogens with one attached hydrogen (secondary N) is 1. The van der Waals surface area contributed by atoms with Crippen molar-refractivity contribution < 1.29 is 19.1 Å². The molecule has 0 radical (unpaired) electrons. The molecule has 5 heteroatoms. The topological polar surface area (TPSA) is 64.6 Å². The van der Waals surface area contributed by atoms with E-state index in [1.54, 1.807) is 0 Å². The molecule has 1 aliphatic rings. The first-order valence-electron chi connectivity index (χ1n) is 6.53. The number of carbonyl (C=O) groups excluding carboxylic acids is 2. The van der Waals surface area contributed by atoms with Gasteiger partial charge in [-0.1, -0.05) is 6.92 Å². The van der Waals surface area contributed by atoms with Crippen LogP contribution in [0.15, 0.2) is 0 Å². The highest BCUT2D eigenvalue weighted by Gasteiger charge is 2.17. The summed E-state index contributed by atoms with van der Waals surface area (Å²) < 4.78 is 9.92. The van der Waals surface area contributed by atoms with Crippen molar-refractivity contribution >= 4 is 11.9 Å². The van der Waals surface area contributed by atoms with Crippen molar-refractivity contribution in [3.8, 4) is 0 Å². The minimum atomic E-state index is -0.268. The fourth-order valence-corrected chi connectivity index (χ4v) is 2.06. The zero-order valence-corrected chi connectivity index (χ0v) is 11.2. The molecule has 1 aliphatic heterocycles. The van der Waals surface area contributed by atoms with E-state index in [4.69, 9.17) is 4.74 Å². The summed E-state index contributed by atoms with van der Waals surface area (Å²) in [7, 11) is 1.36. The fraction of sp³-hybridized carbons (Fsp3) is 0.846. The second-order valence-corrected chi connectivity index (χ2v) is 4.98. The molecule has 1 N–H and O–H groups in total. The van der Waals surface area contributed by atoms with Crippen molar-refractivity contribution in [2.75, 3.05) is 26.9 Å². The van der Waals surface area contributed by atoms with Crippen LogP contribution in [0.25, 0.3) is 0 Å². The van der Waals surface area contributed by atoms with E-state index < -0.39 is 0 Å². The van der Waals surface area contributed by atoms with E-state index >= 15 is 0 Å². The Morgan fingerprint density at radius 1 is 1.44 bits per heavy atom. The van der Waals surface area contributed by atoms with Crippen LogP contribution in [-0.4, -0.2) is 38.7 Å². The smallest absolute Gasteiger partial charge is 0.305 e. The third-order valence-corrected chi connectivity index (χ3v) is 3.12. The van der Waals surface area contributed by atoms with E-state index in [0.717, 1.165) is 26.1 Å². The van der Waals surface area contributed by atoms with Crippen molar-refractivity contribution in [3.05, 3.63) is 0 Å². The van der Waals surface area contributed by atoms with E-state index in [0.29, 0.717) is 18.9 Å². The number of methoxy groups -OCH3 is 1. The Balaban J connectivity index is 2.14. The molecule has 18 heavy (non-hydrogen) atoms. The number of hydrogen-bond donors (Lipinski definition) is 1. The van der Waals surface area contributed by atoms with Gasteiger partial charge in [-0.05, 0) is 24.7 Å². The van der Waals surface area contributed by atoms with Crippen LogP contribution in [0.1, 0.15) is 32.6 Å². The predicted molar refractivity (Wildman–Crippen MR) is 67.0 cm³/mol. The number of carbonyl (C=O) groups is 2. The molecule has 0 aromatic rings. The molecule has 0 aliphatic carbocycles. The quantitative estimate of drug-likeness (QED) is 0.724. The first kappa shape index (κ1) is 15.0. The molecule has 1 fully saturated rings. The molecule has 104 valence electrons. The molecular weight excluding hydrogens is 234 g/mol. The Hall–Kier alpha value is -1.10. The summed E-state index contributed by atoms with van der Waals surface area (Å²) in [5.41, 5.74) is 0. The van der Waals surface area contributed by atoms with Crippen LogP contribution in [-0.2, 0) is 19.1 Å². The summed E-state index contributed by atoms with van der Waals surface area (Å²) >= 11 is 0. The summed E-state index contributed by atoms with van der Waals surface area (Å²) in [4.78, 5) is 22.7. The highest BCUT2D eigenvalue weighted by Crippen LogP contribution is 2.13. The van der Waals surface area contributed by atoms with Crippen molar-refractivity contribution in [3.63, 3.8) is 0 Å². The van der Waals surface area contributed by atoms with Crippen LogP contribution in [0.4, 0.5) is 0 Å². The highest BCUT2D eigenvalue weighted by atomic mass is 16.5. The van der Waals surface area contributed by atoms with Crippen molar-refractivity contribution in [2.24, 2.45) is 11.8 Å². The van der Waals surface area contributed by atoms with Crippen molar-refractivity contribution in [1.82, 2.24) is 5.32 Å². The molecular formula is C13H23NO4. The van der Waals surface area contributed by atoms with Gasteiger partial charge in [-0.3, -0.25) is 9.59 Å². The van der Waals surface area contributed by atoms with Gasteiger partial charge in [-0.15, -0.1) is 0 Å². The van der Waals surface area contributed by atoms with Gasteiger partial charge in [-0.2, -0.15) is 0 Å². The molecule has 1 saturated heterocycles. The Morgan fingerprint density at radius 3 is 2.83 bits per heavy atom. The molecule has 5 nitrogen and oxygen atoms in total. The molecule has 1 heterocycles. The number of esters is 1. The number of ether oxygens (including phenoxy) is 2. The Morgan fingerprint density at radius 2 is 2.22 bits per heavy atom.